The number of carbonyl (C=O) groups excluding carboxylic acids is 1. The van der Waals surface area contributed by atoms with Crippen LogP contribution in [0.2, 0.25) is 0 Å². The molecule has 2 heterocycles. The third-order valence-electron chi connectivity index (χ3n) is 4.25. The molecular weight excluding hydrogens is 328 g/mol. The zero-order valence-electron chi connectivity index (χ0n) is 15.6. The maximum Gasteiger partial charge on any atom is 0.410 e. The number of amides is 1. The molecule has 2 aromatic rings. The number of carbonyl (C=O) groups is 1. The summed E-state index contributed by atoms with van der Waals surface area (Å²) >= 11 is 0. The average Bonchev–Trinajstić information content (AvgIpc) is 2.62. The van der Waals surface area contributed by atoms with E-state index in [9.17, 15) is 4.79 Å². The molecule has 138 valence electrons. The second-order valence-electron chi connectivity index (χ2n) is 7.50. The molecule has 0 N–H and O–H groups in total. The maximum absolute atomic E-state index is 12.7. The van der Waals surface area contributed by atoms with Gasteiger partial charge in [0.05, 0.1) is 6.04 Å². The summed E-state index contributed by atoms with van der Waals surface area (Å²) in [4.78, 5) is 18.9. The summed E-state index contributed by atoms with van der Waals surface area (Å²) in [6.07, 6.45) is 4.34. The standard InChI is InChI=1S/C21H26N2O3/c1-21(2,3)26-20(24)23-15-8-7-13-18(23)17-12-9-14-22-19(17)25-16-10-5-4-6-11-16/h4-6,9-12,14,18H,7-8,13,15H2,1-3H3. The van der Waals surface area contributed by atoms with Crippen molar-refractivity contribution in [3.8, 4) is 11.6 Å². The van der Waals surface area contributed by atoms with Gasteiger partial charge in [-0.1, -0.05) is 18.2 Å². The second-order valence-corrected chi connectivity index (χ2v) is 7.50. The van der Waals surface area contributed by atoms with Gasteiger partial charge < -0.3 is 14.4 Å². The number of rotatable bonds is 3. The zero-order chi connectivity index (χ0) is 18.6. The molecule has 1 aromatic carbocycles. The van der Waals surface area contributed by atoms with Gasteiger partial charge in [-0.2, -0.15) is 0 Å². The number of likely N-dealkylation sites (tertiary alicyclic amines) is 1. The fourth-order valence-electron chi connectivity index (χ4n) is 3.14. The van der Waals surface area contributed by atoms with Crippen molar-refractivity contribution in [1.82, 2.24) is 9.88 Å². The third-order valence-corrected chi connectivity index (χ3v) is 4.25. The van der Waals surface area contributed by atoms with E-state index >= 15 is 0 Å². The molecule has 0 bridgehead atoms. The number of nitrogens with zero attached hydrogens (tertiary/aromatic N) is 2. The summed E-state index contributed by atoms with van der Waals surface area (Å²) < 4.78 is 11.6. The van der Waals surface area contributed by atoms with Gasteiger partial charge in [0.25, 0.3) is 0 Å². The normalized spacial score (nSPS) is 17.7. The molecule has 1 saturated heterocycles. The molecule has 0 radical (unpaired) electrons. The predicted molar refractivity (Wildman–Crippen MR) is 100 cm³/mol. The quantitative estimate of drug-likeness (QED) is 0.747. The SMILES string of the molecule is CC(C)(C)OC(=O)N1CCCCC1c1cccnc1Oc1ccccc1. The number of ether oxygens (including phenoxy) is 2. The first-order valence-electron chi connectivity index (χ1n) is 9.11. The van der Waals surface area contributed by atoms with E-state index in [1.807, 2.05) is 68.1 Å². The molecule has 1 aliphatic rings. The smallest absolute Gasteiger partial charge is 0.410 e. The molecule has 1 amide bonds. The lowest BCUT2D eigenvalue weighted by Crippen LogP contribution is -2.42. The minimum atomic E-state index is -0.516. The van der Waals surface area contributed by atoms with E-state index in [4.69, 9.17) is 9.47 Å². The van der Waals surface area contributed by atoms with Crippen molar-refractivity contribution in [2.24, 2.45) is 0 Å². The average molecular weight is 354 g/mol. The number of hydrogen-bond donors (Lipinski definition) is 0. The Kier molecular flexibility index (Phi) is 5.45. The highest BCUT2D eigenvalue weighted by Crippen LogP contribution is 2.37. The Morgan fingerprint density at radius 2 is 1.88 bits per heavy atom. The lowest BCUT2D eigenvalue weighted by Gasteiger charge is -2.37. The summed E-state index contributed by atoms with van der Waals surface area (Å²) in [7, 11) is 0. The van der Waals surface area contributed by atoms with Gasteiger partial charge in [-0.15, -0.1) is 0 Å². The van der Waals surface area contributed by atoms with Crippen molar-refractivity contribution in [2.45, 2.75) is 51.7 Å². The number of piperidine rings is 1. The van der Waals surface area contributed by atoms with Crippen LogP contribution in [0.1, 0.15) is 51.6 Å². The lowest BCUT2D eigenvalue weighted by molar-refractivity contribution is 0.00928. The zero-order valence-corrected chi connectivity index (χ0v) is 15.6. The fourth-order valence-corrected chi connectivity index (χ4v) is 3.14. The molecule has 1 aliphatic heterocycles. The molecule has 0 spiro atoms. The molecule has 1 fully saturated rings. The molecule has 0 saturated carbocycles. The number of hydrogen-bond acceptors (Lipinski definition) is 4. The maximum atomic E-state index is 12.7. The van der Waals surface area contributed by atoms with Crippen LogP contribution in [-0.4, -0.2) is 28.1 Å². The molecule has 0 aliphatic carbocycles. The van der Waals surface area contributed by atoms with Crippen LogP contribution in [0.15, 0.2) is 48.7 Å². The monoisotopic (exact) mass is 354 g/mol. The van der Waals surface area contributed by atoms with Crippen molar-refractivity contribution in [3.05, 3.63) is 54.2 Å². The largest absolute Gasteiger partial charge is 0.444 e. The molecule has 5 nitrogen and oxygen atoms in total. The number of aromatic nitrogens is 1. The molecule has 1 aromatic heterocycles. The van der Waals surface area contributed by atoms with Crippen molar-refractivity contribution < 1.29 is 14.3 Å². The first kappa shape index (κ1) is 18.2. The van der Waals surface area contributed by atoms with E-state index in [1.165, 1.54) is 0 Å². The minimum absolute atomic E-state index is 0.0917. The summed E-state index contributed by atoms with van der Waals surface area (Å²) in [6.45, 7) is 6.34. The molecular formula is C21H26N2O3. The second kappa shape index (κ2) is 7.77. The number of benzene rings is 1. The van der Waals surface area contributed by atoms with Gasteiger partial charge in [-0.25, -0.2) is 9.78 Å². The summed E-state index contributed by atoms with van der Waals surface area (Å²) in [5.41, 5.74) is 0.402. The van der Waals surface area contributed by atoms with Crippen LogP contribution in [0.25, 0.3) is 0 Å². The molecule has 3 rings (SSSR count). The van der Waals surface area contributed by atoms with Crippen LogP contribution in [-0.2, 0) is 4.74 Å². The van der Waals surface area contributed by atoms with Crippen molar-refractivity contribution >= 4 is 6.09 Å². The first-order valence-corrected chi connectivity index (χ1v) is 9.11. The lowest BCUT2D eigenvalue weighted by atomic mass is 9.96. The Balaban J connectivity index is 1.87. The molecule has 1 atom stereocenters. The van der Waals surface area contributed by atoms with E-state index in [-0.39, 0.29) is 12.1 Å². The van der Waals surface area contributed by atoms with Crippen LogP contribution >= 0.6 is 0 Å². The minimum Gasteiger partial charge on any atom is -0.444 e. The van der Waals surface area contributed by atoms with Crippen molar-refractivity contribution in [2.75, 3.05) is 6.54 Å². The Morgan fingerprint density at radius 1 is 1.12 bits per heavy atom. The number of para-hydroxylation sites is 1. The van der Waals surface area contributed by atoms with Crippen LogP contribution in [0.5, 0.6) is 11.6 Å². The fraction of sp³-hybridized carbons (Fsp3) is 0.429. The van der Waals surface area contributed by atoms with Gasteiger partial charge in [0.15, 0.2) is 0 Å². The van der Waals surface area contributed by atoms with E-state index in [0.717, 1.165) is 30.6 Å². The van der Waals surface area contributed by atoms with Gasteiger partial charge in [0.1, 0.15) is 11.4 Å². The highest BCUT2D eigenvalue weighted by molar-refractivity contribution is 5.69. The highest BCUT2D eigenvalue weighted by Gasteiger charge is 2.33. The van der Waals surface area contributed by atoms with Crippen molar-refractivity contribution in [3.63, 3.8) is 0 Å². The van der Waals surface area contributed by atoms with Gasteiger partial charge in [-0.05, 0) is 64.3 Å². The van der Waals surface area contributed by atoms with Crippen molar-refractivity contribution in [1.29, 1.82) is 0 Å². The summed E-state index contributed by atoms with van der Waals surface area (Å²) in [5, 5.41) is 0. The van der Waals surface area contributed by atoms with Gasteiger partial charge >= 0.3 is 6.09 Å². The van der Waals surface area contributed by atoms with Crippen LogP contribution in [0.3, 0.4) is 0 Å². The van der Waals surface area contributed by atoms with Crippen LogP contribution in [0, 0.1) is 0 Å². The van der Waals surface area contributed by atoms with E-state index in [0.29, 0.717) is 12.4 Å². The third kappa shape index (κ3) is 4.54. The summed E-state index contributed by atoms with van der Waals surface area (Å²) in [6, 6.07) is 13.4. The summed E-state index contributed by atoms with van der Waals surface area (Å²) in [5.74, 6) is 1.27. The van der Waals surface area contributed by atoms with E-state index < -0.39 is 5.60 Å². The topological polar surface area (TPSA) is 51.7 Å². The first-order chi connectivity index (χ1) is 12.4. The Hall–Kier alpha value is -2.56. The van der Waals surface area contributed by atoms with Gasteiger partial charge in [0.2, 0.25) is 5.88 Å². The Bertz CT molecular complexity index is 740. The predicted octanol–water partition coefficient (Wildman–Crippen LogP) is 5.34. The van der Waals surface area contributed by atoms with E-state index in [1.54, 1.807) is 6.20 Å². The molecule has 5 heteroatoms. The Morgan fingerprint density at radius 3 is 2.62 bits per heavy atom. The van der Waals surface area contributed by atoms with Crippen LogP contribution < -0.4 is 4.74 Å². The van der Waals surface area contributed by atoms with Gasteiger partial charge in [0, 0.05) is 18.3 Å². The Labute approximate surface area is 155 Å². The number of pyridine rings is 1. The molecule has 1 unspecified atom stereocenters. The van der Waals surface area contributed by atoms with E-state index in [2.05, 4.69) is 4.98 Å². The highest BCUT2D eigenvalue weighted by atomic mass is 16.6. The van der Waals surface area contributed by atoms with Crippen LogP contribution in [0.4, 0.5) is 4.79 Å². The molecule has 26 heavy (non-hydrogen) atoms. The van der Waals surface area contributed by atoms with Gasteiger partial charge in [-0.3, -0.25) is 0 Å².